The van der Waals surface area contributed by atoms with Crippen LogP contribution in [-0.2, 0) is 0 Å². The molecule has 3 rings (SSSR count). The Labute approximate surface area is 138 Å². The van der Waals surface area contributed by atoms with Gasteiger partial charge in [0, 0.05) is 23.1 Å². The van der Waals surface area contributed by atoms with Crippen LogP contribution in [0, 0.1) is 11.3 Å². The summed E-state index contributed by atoms with van der Waals surface area (Å²) in [5.41, 5.74) is 2.31. The lowest BCUT2D eigenvalue weighted by atomic mass is 10.1. The summed E-state index contributed by atoms with van der Waals surface area (Å²) in [6, 6.07) is 8.20. The van der Waals surface area contributed by atoms with Gasteiger partial charge in [-0.15, -0.1) is 0 Å². The van der Waals surface area contributed by atoms with E-state index < -0.39 is 6.16 Å². The second-order valence-electron chi connectivity index (χ2n) is 5.51. The zero-order valence-corrected chi connectivity index (χ0v) is 13.3. The van der Waals surface area contributed by atoms with Crippen LogP contribution in [0.15, 0.2) is 36.8 Å². The highest BCUT2D eigenvalue weighted by Crippen LogP contribution is 2.28. The van der Waals surface area contributed by atoms with E-state index >= 15 is 0 Å². The number of rotatable bonds is 4. The SMILES string of the molecule is CCC(C)n1cc(C#N)c2cc(-n3cc(OC(=O)O)cn3)ccc21. The van der Waals surface area contributed by atoms with E-state index in [2.05, 4.69) is 34.3 Å². The fourth-order valence-electron chi connectivity index (χ4n) is 2.64. The standard InChI is InChI=1S/C17H16N4O3/c1-3-11(2)20-9-12(7-18)15-6-13(4-5-16(15)20)21-10-14(8-19-21)24-17(22)23/h4-6,8-11H,3H2,1-2H3,(H,22,23). The Balaban J connectivity index is 2.07. The van der Waals surface area contributed by atoms with Crippen LogP contribution in [0.1, 0.15) is 31.9 Å². The molecule has 0 saturated carbocycles. The van der Waals surface area contributed by atoms with Gasteiger partial charge in [-0.2, -0.15) is 10.4 Å². The van der Waals surface area contributed by atoms with E-state index in [0.717, 1.165) is 23.0 Å². The summed E-state index contributed by atoms with van der Waals surface area (Å²) in [6.45, 7) is 4.21. The van der Waals surface area contributed by atoms with Crippen molar-refractivity contribution in [1.82, 2.24) is 14.3 Å². The van der Waals surface area contributed by atoms with E-state index in [9.17, 15) is 10.1 Å². The third-order valence-corrected chi connectivity index (χ3v) is 4.03. The van der Waals surface area contributed by atoms with Crippen LogP contribution in [0.4, 0.5) is 4.79 Å². The monoisotopic (exact) mass is 324 g/mol. The van der Waals surface area contributed by atoms with Gasteiger partial charge in [-0.05, 0) is 31.5 Å². The Morgan fingerprint density at radius 3 is 2.92 bits per heavy atom. The highest BCUT2D eigenvalue weighted by Gasteiger charge is 2.13. The summed E-state index contributed by atoms with van der Waals surface area (Å²) >= 11 is 0. The molecule has 0 spiro atoms. The van der Waals surface area contributed by atoms with Gasteiger partial charge in [0.2, 0.25) is 0 Å². The van der Waals surface area contributed by atoms with Gasteiger partial charge in [0.05, 0.1) is 23.6 Å². The first kappa shape index (κ1) is 15.6. The zero-order chi connectivity index (χ0) is 17.3. The summed E-state index contributed by atoms with van der Waals surface area (Å²) in [6.07, 6.45) is 4.25. The minimum absolute atomic E-state index is 0.139. The summed E-state index contributed by atoms with van der Waals surface area (Å²) in [5.74, 6) is 0.139. The van der Waals surface area contributed by atoms with Gasteiger partial charge in [0.25, 0.3) is 0 Å². The number of hydrogen-bond acceptors (Lipinski definition) is 4. The van der Waals surface area contributed by atoms with E-state index in [1.807, 2.05) is 24.4 Å². The molecule has 0 amide bonds. The molecule has 1 N–H and O–H groups in total. The minimum atomic E-state index is -1.39. The first-order valence-electron chi connectivity index (χ1n) is 7.54. The van der Waals surface area contributed by atoms with Crippen LogP contribution in [0.2, 0.25) is 0 Å². The quantitative estimate of drug-likeness (QED) is 0.738. The van der Waals surface area contributed by atoms with Crippen molar-refractivity contribution in [2.75, 3.05) is 0 Å². The van der Waals surface area contributed by atoms with Gasteiger partial charge in [-0.3, -0.25) is 0 Å². The van der Waals surface area contributed by atoms with Gasteiger partial charge < -0.3 is 14.4 Å². The van der Waals surface area contributed by atoms with Crippen molar-refractivity contribution in [2.45, 2.75) is 26.3 Å². The molecule has 0 aliphatic carbocycles. The van der Waals surface area contributed by atoms with Gasteiger partial charge in [-0.1, -0.05) is 6.92 Å². The third-order valence-electron chi connectivity index (χ3n) is 4.03. The maximum Gasteiger partial charge on any atom is 0.511 e. The first-order chi connectivity index (χ1) is 11.5. The number of nitriles is 1. The number of aromatic nitrogens is 3. The van der Waals surface area contributed by atoms with Crippen molar-refractivity contribution < 1.29 is 14.6 Å². The molecule has 122 valence electrons. The van der Waals surface area contributed by atoms with E-state index in [0.29, 0.717) is 11.6 Å². The number of benzene rings is 1. The lowest BCUT2D eigenvalue weighted by Crippen LogP contribution is -2.02. The Kier molecular flexibility index (Phi) is 3.96. The predicted molar refractivity (Wildman–Crippen MR) is 87.4 cm³/mol. The van der Waals surface area contributed by atoms with Crippen molar-refractivity contribution >= 4 is 17.1 Å². The molecule has 7 nitrogen and oxygen atoms in total. The predicted octanol–water partition coefficient (Wildman–Crippen LogP) is 3.73. The zero-order valence-electron chi connectivity index (χ0n) is 13.3. The highest BCUT2D eigenvalue weighted by molar-refractivity contribution is 5.88. The molecule has 2 heterocycles. The number of carbonyl (C=O) groups is 1. The largest absolute Gasteiger partial charge is 0.511 e. The average molecular weight is 324 g/mol. The molecule has 1 aromatic carbocycles. The molecule has 7 heteroatoms. The molecular weight excluding hydrogens is 308 g/mol. The summed E-state index contributed by atoms with van der Waals surface area (Å²) in [7, 11) is 0. The van der Waals surface area contributed by atoms with E-state index in [1.165, 1.54) is 17.1 Å². The third kappa shape index (κ3) is 2.70. The molecule has 0 fully saturated rings. The van der Waals surface area contributed by atoms with Crippen molar-refractivity contribution in [2.24, 2.45) is 0 Å². The number of nitrogens with zero attached hydrogens (tertiary/aromatic N) is 4. The molecule has 2 aromatic heterocycles. The molecule has 0 saturated heterocycles. The van der Waals surface area contributed by atoms with Crippen LogP contribution in [0.3, 0.4) is 0 Å². The Morgan fingerprint density at radius 2 is 2.25 bits per heavy atom. The summed E-state index contributed by atoms with van der Waals surface area (Å²) in [4.78, 5) is 10.6. The van der Waals surface area contributed by atoms with Gasteiger partial charge in [0.1, 0.15) is 6.07 Å². The highest BCUT2D eigenvalue weighted by atomic mass is 16.7. The molecule has 1 atom stereocenters. The Bertz CT molecular complexity index is 949. The number of hydrogen-bond donors (Lipinski definition) is 1. The minimum Gasteiger partial charge on any atom is -0.449 e. The van der Waals surface area contributed by atoms with Crippen molar-refractivity contribution in [1.29, 1.82) is 5.26 Å². The Hall–Kier alpha value is -3.27. The molecule has 3 aromatic rings. The lowest BCUT2D eigenvalue weighted by molar-refractivity contribution is 0.144. The molecule has 24 heavy (non-hydrogen) atoms. The average Bonchev–Trinajstić information content (AvgIpc) is 3.17. The normalized spacial score (nSPS) is 12.0. The molecular formula is C17H16N4O3. The van der Waals surface area contributed by atoms with Crippen LogP contribution in [-0.4, -0.2) is 25.6 Å². The smallest absolute Gasteiger partial charge is 0.449 e. The maximum absolute atomic E-state index is 10.6. The molecule has 0 aliphatic heterocycles. The second-order valence-corrected chi connectivity index (χ2v) is 5.51. The van der Waals surface area contributed by atoms with Gasteiger partial charge in [-0.25, -0.2) is 9.48 Å². The fourth-order valence-corrected chi connectivity index (χ4v) is 2.64. The van der Waals surface area contributed by atoms with Crippen LogP contribution < -0.4 is 4.74 Å². The summed E-state index contributed by atoms with van der Waals surface area (Å²) in [5, 5.41) is 23.0. The number of carboxylic acid groups (broad SMARTS) is 1. The van der Waals surface area contributed by atoms with E-state index in [-0.39, 0.29) is 5.75 Å². The maximum atomic E-state index is 10.6. The van der Waals surface area contributed by atoms with Gasteiger partial charge >= 0.3 is 6.16 Å². The molecule has 1 unspecified atom stereocenters. The van der Waals surface area contributed by atoms with E-state index in [1.54, 1.807) is 0 Å². The van der Waals surface area contributed by atoms with Crippen molar-refractivity contribution in [3.63, 3.8) is 0 Å². The van der Waals surface area contributed by atoms with Crippen molar-refractivity contribution in [3.8, 4) is 17.5 Å². The first-order valence-corrected chi connectivity index (χ1v) is 7.54. The van der Waals surface area contributed by atoms with Crippen LogP contribution in [0.25, 0.3) is 16.6 Å². The van der Waals surface area contributed by atoms with Crippen molar-refractivity contribution in [3.05, 3.63) is 42.4 Å². The number of fused-ring (bicyclic) bond motifs is 1. The van der Waals surface area contributed by atoms with E-state index in [4.69, 9.17) is 5.11 Å². The fraction of sp³-hybridized carbons (Fsp3) is 0.235. The molecule has 0 radical (unpaired) electrons. The molecule has 0 aliphatic rings. The number of ether oxygens (including phenoxy) is 1. The Morgan fingerprint density at radius 1 is 1.46 bits per heavy atom. The molecule has 0 bridgehead atoms. The topological polar surface area (TPSA) is 93.1 Å². The van der Waals surface area contributed by atoms with Crippen LogP contribution >= 0.6 is 0 Å². The van der Waals surface area contributed by atoms with Crippen LogP contribution in [0.5, 0.6) is 5.75 Å². The second kappa shape index (κ2) is 6.08. The summed E-state index contributed by atoms with van der Waals surface area (Å²) < 4.78 is 8.19. The lowest BCUT2D eigenvalue weighted by Gasteiger charge is -2.12. The van der Waals surface area contributed by atoms with Gasteiger partial charge in [0.15, 0.2) is 5.75 Å².